The average Bonchev–Trinajstić information content (AvgIpc) is 2.47. The molecule has 0 aliphatic rings. The Bertz CT molecular complexity index is 294. The summed E-state index contributed by atoms with van der Waals surface area (Å²) < 4.78 is 0. The normalized spacial score (nSPS) is 12.5. The molecule has 0 aromatic carbocycles. The monoisotopic (exact) mass is 182 g/mol. The first-order valence-electron chi connectivity index (χ1n) is 4.29. The van der Waals surface area contributed by atoms with Crippen LogP contribution in [0.25, 0.3) is 0 Å². The quantitative estimate of drug-likeness (QED) is 0.722. The number of nitrogens with one attached hydrogen (secondary N) is 2. The molecule has 0 spiro atoms. The van der Waals surface area contributed by atoms with Crippen LogP contribution < -0.4 is 5.32 Å². The second kappa shape index (κ2) is 4.02. The molecule has 0 aliphatic heterocycles. The summed E-state index contributed by atoms with van der Waals surface area (Å²) in [5.74, 6) is 1.35. The summed E-state index contributed by atoms with van der Waals surface area (Å²) in [5, 5.41) is 9.51. The first-order valence-corrected chi connectivity index (χ1v) is 4.29. The maximum absolute atomic E-state index is 10.8. The van der Waals surface area contributed by atoms with Gasteiger partial charge in [-0.2, -0.15) is 5.10 Å². The van der Waals surface area contributed by atoms with Crippen LogP contribution in [0.1, 0.15) is 38.0 Å². The summed E-state index contributed by atoms with van der Waals surface area (Å²) in [5.41, 5.74) is 0. The van der Waals surface area contributed by atoms with Crippen molar-refractivity contribution in [1.29, 1.82) is 0 Å². The number of carbonyl (C=O) groups is 1. The molecule has 5 heteroatoms. The summed E-state index contributed by atoms with van der Waals surface area (Å²) in [6.07, 6.45) is 0.789. The van der Waals surface area contributed by atoms with Crippen molar-refractivity contribution >= 4 is 5.91 Å². The van der Waals surface area contributed by atoms with Crippen LogP contribution in [0.4, 0.5) is 0 Å². The van der Waals surface area contributed by atoms with E-state index >= 15 is 0 Å². The van der Waals surface area contributed by atoms with Crippen LogP contribution in [0.15, 0.2) is 0 Å². The van der Waals surface area contributed by atoms with Crippen LogP contribution in [0, 0.1) is 6.92 Å². The van der Waals surface area contributed by atoms with Gasteiger partial charge in [-0.1, -0.05) is 6.92 Å². The maximum Gasteiger partial charge on any atom is 0.217 e. The Morgan fingerprint density at radius 2 is 2.38 bits per heavy atom. The van der Waals surface area contributed by atoms with Crippen molar-refractivity contribution in [3.63, 3.8) is 0 Å². The van der Waals surface area contributed by atoms with Crippen molar-refractivity contribution in [2.24, 2.45) is 0 Å². The molecule has 13 heavy (non-hydrogen) atoms. The van der Waals surface area contributed by atoms with Crippen molar-refractivity contribution in [3.8, 4) is 0 Å². The number of rotatable bonds is 3. The highest BCUT2D eigenvalue weighted by atomic mass is 16.1. The van der Waals surface area contributed by atoms with Gasteiger partial charge in [0.15, 0.2) is 5.82 Å². The molecule has 1 rings (SSSR count). The fourth-order valence-corrected chi connectivity index (χ4v) is 1.11. The molecule has 1 amide bonds. The third-order valence-corrected chi connectivity index (χ3v) is 1.71. The standard InChI is InChI=1S/C8H14N4O/c1-4-7(10-6(3)13)8-9-5(2)11-12-8/h7H,4H2,1-3H3,(H,10,13)(H,9,11,12). The molecule has 2 N–H and O–H groups in total. The third-order valence-electron chi connectivity index (χ3n) is 1.71. The van der Waals surface area contributed by atoms with E-state index < -0.39 is 0 Å². The Morgan fingerprint density at radius 1 is 1.69 bits per heavy atom. The van der Waals surface area contributed by atoms with E-state index in [2.05, 4.69) is 20.5 Å². The largest absolute Gasteiger partial charge is 0.346 e. The molecule has 0 aliphatic carbocycles. The van der Waals surface area contributed by atoms with E-state index in [1.807, 2.05) is 13.8 Å². The fraction of sp³-hybridized carbons (Fsp3) is 0.625. The van der Waals surface area contributed by atoms with Crippen LogP contribution in [0.3, 0.4) is 0 Å². The van der Waals surface area contributed by atoms with Gasteiger partial charge >= 0.3 is 0 Å². The number of hydrogen-bond acceptors (Lipinski definition) is 3. The lowest BCUT2D eigenvalue weighted by molar-refractivity contribution is -0.119. The van der Waals surface area contributed by atoms with Crippen LogP contribution in [-0.4, -0.2) is 21.1 Å². The van der Waals surface area contributed by atoms with Gasteiger partial charge in [0.25, 0.3) is 0 Å². The second-order valence-corrected chi connectivity index (χ2v) is 2.94. The van der Waals surface area contributed by atoms with Gasteiger partial charge in [0.05, 0.1) is 6.04 Å². The lowest BCUT2D eigenvalue weighted by Gasteiger charge is -2.10. The highest BCUT2D eigenvalue weighted by Crippen LogP contribution is 2.10. The second-order valence-electron chi connectivity index (χ2n) is 2.94. The smallest absolute Gasteiger partial charge is 0.217 e. The van der Waals surface area contributed by atoms with Crippen LogP contribution in [0.2, 0.25) is 0 Å². The lowest BCUT2D eigenvalue weighted by Crippen LogP contribution is -2.26. The minimum atomic E-state index is -0.0811. The Labute approximate surface area is 76.9 Å². The Morgan fingerprint density at radius 3 is 2.77 bits per heavy atom. The summed E-state index contributed by atoms with van der Waals surface area (Å²) in [4.78, 5) is 15.0. The molecule has 0 saturated heterocycles. The third kappa shape index (κ3) is 2.54. The van der Waals surface area contributed by atoms with Gasteiger partial charge in [0.2, 0.25) is 5.91 Å². The van der Waals surface area contributed by atoms with Gasteiger partial charge in [-0.3, -0.25) is 9.89 Å². The van der Waals surface area contributed by atoms with E-state index in [1.54, 1.807) is 0 Å². The molecule has 0 saturated carbocycles. The minimum Gasteiger partial charge on any atom is -0.346 e. The number of H-pyrrole nitrogens is 1. The Hall–Kier alpha value is -1.39. The van der Waals surface area contributed by atoms with Crippen molar-refractivity contribution in [1.82, 2.24) is 20.5 Å². The molecule has 0 bridgehead atoms. The molecule has 72 valence electrons. The van der Waals surface area contributed by atoms with E-state index in [-0.39, 0.29) is 11.9 Å². The molecule has 1 atom stereocenters. The Kier molecular flexibility index (Phi) is 3.00. The maximum atomic E-state index is 10.8. The van der Waals surface area contributed by atoms with Crippen LogP contribution >= 0.6 is 0 Å². The number of nitrogens with zero attached hydrogens (tertiary/aromatic N) is 2. The van der Waals surface area contributed by atoms with Crippen molar-refractivity contribution in [3.05, 3.63) is 11.6 Å². The molecule has 0 radical (unpaired) electrons. The van der Waals surface area contributed by atoms with Crippen LogP contribution in [-0.2, 0) is 4.79 Å². The predicted octanol–water partition coefficient (Wildman–Crippen LogP) is 0.700. The van der Waals surface area contributed by atoms with E-state index in [0.29, 0.717) is 5.82 Å². The van der Waals surface area contributed by atoms with Gasteiger partial charge in [-0.05, 0) is 13.3 Å². The highest BCUT2D eigenvalue weighted by molar-refractivity contribution is 5.73. The molecule has 1 aromatic rings. The van der Waals surface area contributed by atoms with Crippen LogP contribution in [0.5, 0.6) is 0 Å². The van der Waals surface area contributed by atoms with E-state index in [4.69, 9.17) is 0 Å². The molecule has 1 aromatic heterocycles. The summed E-state index contributed by atoms with van der Waals surface area (Å²) in [6, 6.07) is -0.0811. The summed E-state index contributed by atoms with van der Waals surface area (Å²) in [7, 11) is 0. The first-order chi connectivity index (χ1) is 6.13. The van der Waals surface area contributed by atoms with E-state index in [1.165, 1.54) is 6.92 Å². The highest BCUT2D eigenvalue weighted by Gasteiger charge is 2.14. The number of aromatic nitrogens is 3. The SMILES string of the molecule is CCC(NC(C)=O)c1n[nH]c(C)n1. The molecule has 0 fully saturated rings. The number of amides is 1. The summed E-state index contributed by atoms with van der Waals surface area (Å²) >= 11 is 0. The van der Waals surface area contributed by atoms with Gasteiger partial charge in [0.1, 0.15) is 5.82 Å². The van der Waals surface area contributed by atoms with Gasteiger partial charge in [0, 0.05) is 6.92 Å². The summed E-state index contributed by atoms with van der Waals surface area (Å²) in [6.45, 7) is 5.30. The number of aryl methyl sites for hydroxylation is 1. The molecular weight excluding hydrogens is 168 g/mol. The number of carbonyl (C=O) groups excluding carboxylic acids is 1. The molecule has 1 heterocycles. The minimum absolute atomic E-state index is 0.0608. The Balaban J connectivity index is 2.72. The van der Waals surface area contributed by atoms with E-state index in [0.717, 1.165) is 12.2 Å². The zero-order chi connectivity index (χ0) is 9.84. The average molecular weight is 182 g/mol. The number of aromatic amines is 1. The zero-order valence-corrected chi connectivity index (χ0v) is 8.09. The molecule has 1 unspecified atom stereocenters. The van der Waals surface area contributed by atoms with Crippen molar-refractivity contribution < 1.29 is 4.79 Å². The van der Waals surface area contributed by atoms with Crippen molar-refractivity contribution in [2.45, 2.75) is 33.2 Å². The predicted molar refractivity (Wildman–Crippen MR) is 48.0 cm³/mol. The zero-order valence-electron chi connectivity index (χ0n) is 8.09. The molecular formula is C8H14N4O. The van der Waals surface area contributed by atoms with Crippen molar-refractivity contribution in [2.75, 3.05) is 0 Å². The fourth-order valence-electron chi connectivity index (χ4n) is 1.11. The number of hydrogen-bond donors (Lipinski definition) is 2. The molecule has 5 nitrogen and oxygen atoms in total. The van der Waals surface area contributed by atoms with E-state index in [9.17, 15) is 4.79 Å². The first kappa shape index (κ1) is 9.70. The van der Waals surface area contributed by atoms with Gasteiger partial charge < -0.3 is 5.32 Å². The topological polar surface area (TPSA) is 70.7 Å². The lowest BCUT2D eigenvalue weighted by atomic mass is 10.2. The van der Waals surface area contributed by atoms with Gasteiger partial charge in [-0.25, -0.2) is 4.98 Å². The van der Waals surface area contributed by atoms with Gasteiger partial charge in [-0.15, -0.1) is 0 Å².